The SMILES string of the molecule is CCN(CC=CCCl)C1CCCC1. The number of alkyl halides is 1. The van der Waals surface area contributed by atoms with Crippen molar-refractivity contribution in [2.45, 2.75) is 38.6 Å². The van der Waals surface area contributed by atoms with E-state index in [9.17, 15) is 0 Å². The van der Waals surface area contributed by atoms with Crippen LogP contribution in [0.15, 0.2) is 12.2 Å². The van der Waals surface area contributed by atoms with Crippen molar-refractivity contribution in [1.29, 1.82) is 0 Å². The molecule has 0 radical (unpaired) electrons. The topological polar surface area (TPSA) is 3.24 Å². The van der Waals surface area contributed by atoms with Crippen molar-refractivity contribution in [1.82, 2.24) is 4.90 Å². The molecule has 1 fully saturated rings. The third-order valence-corrected chi connectivity index (χ3v) is 3.02. The monoisotopic (exact) mass is 201 g/mol. The van der Waals surface area contributed by atoms with Crippen molar-refractivity contribution in [3.63, 3.8) is 0 Å². The van der Waals surface area contributed by atoms with Crippen molar-refractivity contribution < 1.29 is 0 Å². The Hall–Kier alpha value is -0.0100. The first-order valence-electron chi connectivity index (χ1n) is 5.33. The second-order valence-electron chi connectivity index (χ2n) is 3.65. The smallest absolute Gasteiger partial charge is 0.0404 e. The average molecular weight is 202 g/mol. The van der Waals surface area contributed by atoms with Crippen LogP contribution in [0.1, 0.15) is 32.6 Å². The lowest BCUT2D eigenvalue weighted by atomic mass is 10.2. The second kappa shape index (κ2) is 6.44. The highest BCUT2D eigenvalue weighted by Crippen LogP contribution is 2.22. The number of halogens is 1. The van der Waals surface area contributed by atoms with E-state index in [1.54, 1.807) is 0 Å². The highest BCUT2D eigenvalue weighted by atomic mass is 35.5. The Morgan fingerprint density at radius 1 is 1.31 bits per heavy atom. The van der Waals surface area contributed by atoms with Crippen molar-refractivity contribution in [3.05, 3.63) is 12.2 Å². The van der Waals surface area contributed by atoms with Crippen LogP contribution in [0, 0.1) is 0 Å². The molecular formula is C11H20ClN. The fourth-order valence-electron chi connectivity index (χ4n) is 2.08. The minimum atomic E-state index is 0.641. The van der Waals surface area contributed by atoms with Gasteiger partial charge in [-0.15, -0.1) is 11.6 Å². The van der Waals surface area contributed by atoms with Gasteiger partial charge in [-0.3, -0.25) is 4.90 Å². The average Bonchev–Trinajstić information content (AvgIpc) is 2.65. The zero-order valence-electron chi connectivity index (χ0n) is 8.51. The Bertz CT molecular complexity index is 150. The molecule has 1 saturated carbocycles. The molecule has 1 rings (SSSR count). The lowest BCUT2D eigenvalue weighted by molar-refractivity contribution is 0.232. The van der Waals surface area contributed by atoms with Gasteiger partial charge in [0.2, 0.25) is 0 Å². The van der Waals surface area contributed by atoms with Crippen LogP contribution in [-0.2, 0) is 0 Å². The molecule has 0 aromatic heterocycles. The minimum absolute atomic E-state index is 0.641. The summed E-state index contributed by atoms with van der Waals surface area (Å²) in [7, 11) is 0. The number of allylic oxidation sites excluding steroid dienone is 1. The molecule has 13 heavy (non-hydrogen) atoms. The number of likely N-dealkylation sites (N-methyl/N-ethyl adjacent to an activating group) is 1. The van der Waals surface area contributed by atoms with Gasteiger partial charge < -0.3 is 0 Å². The Balaban J connectivity index is 2.28. The van der Waals surface area contributed by atoms with E-state index in [1.165, 1.54) is 25.7 Å². The molecule has 2 heteroatoms. The highest BCUT2D eigenvalue weighted by Gasteiger charge is 2.19. The molecule has 0 atom stereocenters. The molecule has 0 aliphatic heterocycles. The first-order chi connectivity index (χ1) is 6.38. The Morgan fingerprint density at radius 2 is 2.00 bits per heavy atom. The molecule has 0 bridgehead atoms. The first kappa shape index (κ1) is 11.1. The molecule has 76 valence electrons. The third kappa shape index (κ3) is 3.70. The van der Waals surface area contributed by atoms with Gasteiger partial charge in [-0.25, -0.2) is 0 Å². The highest BCUT2D eigenvalue weighted by molar-refractivity contribution is 6.18. The molecule has 0 unspecified atom stereocenters. The Labute approximate surface area is 86.8 Å². The van der Waals surface area contributed by atoms with Gasteiger partial charge in [0.25, 0.3) is 0 Å². The van der Waals surface area contributed by atoms with Gasteiger partial charge >= 0.3 is 0 Å². The van der Waals surface area contributed by atoms with Crippen molar-refractivity contribution in [2.24, 2.45) is 0 Å². The van der Waals surface area contributed by atoms with E-state index in [1.807, 2.05) is 6.08 Å². The van der Waals surface area contributed by atoms with Crippen LogP contribution >= 0.6 is 11.6 Å². The third-order valence-electron chi connectivity index (χ3n) is 2.84. The normalized spacial score (nSPS) is 19.3. The minimum Gasteiger partial charge on any atom is -0.297 e. The van der Waals surface area contributed by atoms with Gasteiger partial charge in [-0.2, -0.15) is 0 Å². The Kier molecular flexibility index (Phi) is 5.49. The summed E-state index contributed by atoms with van der Waals surface area (Å²) in [5.74, 6) is 0.641. The molecule has 1 aliphatic carbocycles. The standard InChI is InChI=1S/C11H20ClN/c1-2-13(10-6-5-9-12)11-7-3-4-8-11/h5-6,11H,2-4,7-10H2,1H3. The first-order valence-corrected chi connectivity index (χ1v) is 5.87. The summed E-state index contributed by atoms with van der Waals surface area (Å²) >= 11 is 5.58. The van der Waals surface area contributed by atoms with E-state index in [0.29, 0.717) is 5.88 Å². The van der Waals surface area contributed by atoms with Crippen LogP contribution in [0.3, 0.4) is 0 Å². The number of hydrogen-bond donors (Lipinski definition) is 0. The summed E-state index contributed by atoms with van der Waals surface area (Å²) in [5, 5.41) is 0. The molecule has 0 N–H and O–H groups in total. The molecule has 1 aliphatic rings. The van der Waals surface area contributed by atoms with Crippen molar-refractivity contribution in [2.75, 3.05) is 19.0 Å². The van der Waals surface area contributed by atoms with Crippen molar-refractivity contribution >= 4 is 11.6 Å². The fraction of sp³-hybridized carbons (Fsp3) is 0.818. The molecule has 0 heterocycles. The van der Waals surface area contributed by atoms with Gasteiger partial charge in [0.05, 0.1) is 0 Å². The number of nitrogens with zero attached hydrogens (tertiary/aromatic N) is 1. The summed E-state index contributed by atoms with van der Waals surface area (Å²) in [4.78, 5) is 2.55. The maximum absolute atomic E-state index is 5.58. The predicted molar refractivity (Wildman–Crippen MR) is 59.4 cm³/mol. The lowest BCUT2D eigenvalue weighted by Gasteiger charge is -2.25. The lowest BCUT2D eigenvalue weighted by Crippen LogP contribution is -2.33. The van der Waals surface area contributed by atoms with Gasteiger partial charge in [0.15, 0.2) is 0 Å². The summed E-state index contributed by atoms with van der Waals surface area (Å²) < 4.78 is 0. The maximum Gasteiger partial charge on any atom is 0.0404 e. The summed E-state index contributed by atoms with van der Waals surface area (Å²) in [6.45, 7) is 4.48. The zero-order valence-corrected chi connectivity index (χ0v) is 9.26. The number of rotatable bonds is 5. The van der Waals surface area contributed by atoms with E-state index in [4.69, 9.17) is 11.6 Å². The van der Waals surface area contributed by atoms with Crippen LogP contribution in [0.2, 0.25) is 0 Å². The molecule has 0 aromatic rings. The van der Waals surface area contributed by atoms with Gasteiger partial charge in [-0.05, 0) is 19.4 Å². The van der Waals surface area contributed by atoms with E-state index >= 15 is 0 Å². The van der Waals surface area contributed by atoms with Gasteiger partial charge in [0.1, 0.15) is 0 Å². The Morgan fingerprint density at radius 3 is 2.54 bits per heavy atom. The van der Waals surface area contributed by atoms with E-state index in [-0.39, 0.29) is 0 Å². The predicted octanol–water partition coefficient (Wildman–Crippen LogP) is 3.05. The summed E-state index contributed by atoms with van der Waals surface area (Å²) in [6, 6.07) is 0.838. The summed E-state index contributed by atoms with van der Waals surface area (Å²) in [6.07, 6.45) is 9.85. The molecule has 0 saturated heterocycles. The van der Waals surface area contributed by atoms with E-state index < -0.39 is 0 Å². The second-order valence-corrected chi connectivity index (χ2v) is 3.96. The van der Waals surface area contributed by atoms with Crippen LogP contribution in [0.25, 0.3) is 0 Å². The largest absolute Gasteiger partial charge is 0.297 e. The van der Waals surface area contributed by atoms with Crippen LogP contribution in [-0.4, -0.2) is 29.9 Å². The molecule has 0 aromatic carbocycles. The molecule has 1 nitrogen and oxygen atoms in total. The fourth-order valence-corrected chi connectivity index (χ4v) is 2.20. The zero-order chi connectivity index (χ0) is 9.52. The van der Waals surface area contributed by atoms with Crippen molar-refractivity contribution in [3.8, 4) is 0 Å². The van der Waals surface area contributed by atoms with Crippen LogP contribution in [0.4, 0.5) is 0 Å². The van der Waals surface area contributed by atoms with Crippen LogP contribution in [0.5, 0.6) is 0 Å². The molecule has 0 spiro atoms. The van der Waals surface area contributed by atoms with Gasteiger partial charge in [0, 0.05) is 18.5 Å². The van der Waals surface area contributed by atoms with E-state index in [0.717, 1.165) is 19.1 Å². The molecule has 0 amide bonds. The maximum atomic E-state index is 5.58. The molecular weight excluding hydrogens is 182 g/mol. The summed E-state index contributed by atoms with van der Waals surface area (Å²) in [5.41, 5.74) is 0. The quantitative estimate of drug-likeness (QED) is 0.488. The van der Waals surface area contributed by atoms with Crippen LogP contribution < -0.4 is 0 Å². The number of hydrogen-bond acceptors (Lipinski definition) is 1. The van der Waals surface area contributed by atoms with E-state index in [2.05, 4.69) is 17.9 Å². The van der Waals surface area contributed by atoms with Gasteiger partial charge in [-0.1, -0.05) is 31.9 Å².